The molecular weight excluding hydrogens is 396 g/mol. The highest BCUT2D eigenvalue weighted by molar-refractivity contribution is 5.91. The lowest BCUT2D eigenvalue weighted by Gasteiger charge is -2.29. The summed E-state index contributed by atoms with van der Waals surface area (Å²) in [5.74, 6) is -1.75. The molecule has 3 N–H and O–H groups in total. The van der Waals surface area contributed by atoms with E-state index in [-0.39, 0.29) is 25.4 Å². The molecule has 0 saturated carbocycles. The molecule has 0 aliphatic heterocycles. The predicted molar refractivity (Wildman–Crippen MR) is 117 cm³/mol. The van der Waals surface area contributed by atoms with Crippen molar-refractivity contribution in [2.24, 2.45) is 0 Å². The van der Waals surface area contributed by atoms with E-state index >= 15 is 0 Å². The van der Waals surface area contributed by atoms with Crippen LogP contribution in [0.1, 0.15) is 50.7 Å². The van der Waals surface area contributed by atoms with Crippen LogP contribution in [0.3, 0.4) is 0 Å². The lowest BCUT2D eigenvalue weighted by atomic mass is 9.92. The zero-order valence-electron chi connectivity index (χ0n) is 18.0. The minimum Gasteiger partial charge on any atom is -0.480 e. The van der Waals surface area contributed by atoms with Gasteiger partial charge in [-0.3, -0.25) is 4.79 Å². The highest BCUT2D eigenvalue weighted by atomic mass is 16.5. The molecular formula is C24H28N2O5. The SMILES string of the molecule is CCC(CC)(NC(=O)[C@@H](C)NC(=O)OCC1c2ccccc2-c2ccccc21)C(=O)O. The Labute approximate surface area is 181 Å². The van der Waals surface area contributed by atoms with E-state index in [0.717, 1.165) is 22.3 Å². The number of hydrogen-bond donors (Lipinski definition) is 3. The summed E-state index contributed by atoms with van der Waals surface area (Å²) in [7, 11) is 0. The van der Waals surface area contributed by atoms with Crippen molar-refractivity contribution in [3.63, 3.8) is 0 Å². The summed E-state index contributed by atoms with van der Waals surface area (Å²) in [6.45, 7) is 5.02. The number of carbonyl (C=O) groups excluding carboxylic acids is 2. The number of fused-ring (bicyclic) bond motifs is 3. The molecule has 164 valence electrons. The van der Waals surface area contributed by atoms with E-state index in [1.807, 2.05) is 36.4 Å². The molecule has 0 radical (unpaired) electrons. The number of carboxylic acids is 1. The molecule has 1 aliphatic rings. The van der Waals surface area contributed by atoms with Crippen molar-refractivity contribution in [2.75, 3.05) is 6.61 Å². The minimum absolute atomic E-state index is 0.0814. The lowest BCUT2D eigenvalue weighted by molar-refractivity contribution is -0.148. The number of carbonyl (C=O) groups is 3. The molecule has 0 heterocycles. The van der Waals surface area contributed by atoms with Crippen molar-refractivity contribution in [3.05, 3.63) is 59.7 Å². The summed E-state index contributed by atoms with van der Waals surface area (Å²) in [5.41, 5.74) is 3.10. The zero-order chi connectivity index (χ0) is 22.6. The summed E-state index contributed by atoms with van der Waals surface area (Å²) < 4.78 is 5.44. The quantitative estimate of drug-likeness (QED) is 0.600. The molecule has 1 aliphatic carbocycles. The Balaban J connectivity index is 1.62. The molecule has 7 nitrogen and oxygen atoms in total. The van der Waals surface area contributed by atoms with Gasteiger partial charge in [0.25, 0.3) is 0 Å². The number of nitrogens with one attached hydrogen (secondary N) is 2. The largest absolute Gasteiger partial charge is 0.480 e. The van der Waals surface area contributed by atoms with Gasteiger partial charge in [-0.2, -0.15) is 0 Å². The number of hydrogen-bond acceptors (Lipinski definition) is 4. The first kappa shape index (κ1) is 22.3. The minimum atomic E-state index is -1.35. The standard InChI is InChI=1S/C24H28N2O5/c1-4-24(5-2,22(28)29)26-21(27)15(3)25-23(30)31-14-20-18-12-8-6-10-16(18)17-11-7-9-13-19(17)20/h6-13,15,20H,4-5,14H2,1-3H3,(H,25,30)(H,26,27)(H,28,29)/t15-/m1/s1. The summed E-state index contributed by atoms with van der Waals surface area (Å²) in [4.78, 5) is 36.4. The molecule has 0 bridgehead atoms. The van der Waals surface area contributed by atoms with Gasteiger partial charge in [-0.05, 0) is 42.0 Å². The van der Waals surface area contributed by atoms with Gasteiger partial charge in [0.2, 0.25) is 5.91 Å². The van der Waals surface area contributed by atoms with Crippen molar-refractivity contribution < 1.29 is 24.2 Å². The normalized spacial score (nSPS) is 13.6. The summed E-state index contributed by atoms with van der Waals surface area (Å²) >= 11 is 0. The van der Waals surface area contributed by atoms with E-state index in [0.29, 0.717) is 0 Å². The average molecular weight is 424 g/mol. The number of rotatable bonds is 8. The first-order chi connectivity index (χ1) is 14.8. The summed E-state index contributed by atoms with van der Waals surface area (Å²) in [5, 5.41) is 14.5. The number of benzene rings is 2. The van der Waals surface area contributed by atoms with Crippen LogP contribution in [-0.4, -0.2) is 41.3 Å². The Morgan fingerprint density at radius 1 is 1.00 bits per heavy atom. The summed E-state index contributed by atoms with van der Waals surface area (Å²) in [6, 6.07) is 15.1. The molecule has 2 amide bonds. The molecule has 3 rings (SSSR count). The topological polar surface area (TPSA) is 105 Å². The fourth-order valence-corrected chi connectivity index (χ4v) is 4.01. The van der Waals surface area contributed by atoms with Gasteiger partial charge in [-0.25, -0.2) is 9.59 Å². The second kappa shape index (κ2) is 9.20. The van der Waals surface area contributed by atoms with Gasteiger partial charge < -0.3 is 20.5 Å². The van der Waals surface area contributed by atoms with Crippen LogP contribution in [0.2, 0.25) is 0 Å². The van der Waals surface area contributed by atoms with Crippen LogP contribution in [0.5, 0.6) is 0 Å². The molecule has 31 heavy (non-hydrogen) atoms. The Morgan fingerprint density at radius 3 is 2.00 bits per heavy atom. The van der Waals surface area contributed by atoms with Crippen molar-refractivity contribution >= 4 is 18.0 Å². The van der Waals surface area contributed by atoms with E-state index in [1.165, 1.54) is 6.92 Å². The van der Waals surface area contributed by atoms with Crippen molar-refractivity contribution in [1.29, 1.82) is 0 Å². The second-order valence-corrected chi connectivity index (χ2v) is 7.78. The molecule has 0 aromatic heterocycles. The first-order valence-electron chi connectivity index (χ1n) is 10.5. The highest BCUT2D eigenvalue weighted by Crippen LogP contribution is 2.44. The third-order valence-corrected chi connectivity index (χ3v) is 6.05. The average Bonchev–Trinajstić information content (AvgIpc) is 3.09. The van der Waals surface area contributed by atoms with E-state index in [1.54, 1.807) is 13.8 Å². The van der Waals surface area contributed by atoms with Gasteiger partial charge in [0.1, 0.15) is 18.2 Å². The van der Waals surface area contributed by atoms with Gasteiger partial charge >= 0.3 is 12.1 Å². The van der Waals surface area contributed by atoms with Crippen molar-refractivity contribution in [2.45, 2.75) is 51.1 Å². The highest BCUT2D eigenvalue weighted by Gasteiger charge is 2.37. The number of carboxylic acid groups (broad SMARTS) is 1. The van der Waals surface area contributed by atoms with Crippen molar-refractivity contribution in [3.8, 4) is 11.1 Å². The smallest absolute Gasteiger partial charge is 0.407 e. The molecule has 0 fully saturated rings. The Hall–Kier alpha value is -3.35. The molecule has 0 unspecified atom stereocenters. The van der Waals surface area contributed by atoms with E-state index in [9.17, 15) is 19.5 Å². The molecule has 0 saturated heterocycles. The van der Waals surface area contributed by atoms with Gasteiger partial charge in [0.05, 0.1) is 0 Å². The lowest BCUT2D eigenvalue weighted by Crippen LogP contribution is -2.58. The van der Waals surface area contributed by atoms with E-state index in [4.69, 9.17) is 4.74 Å². The predicted octanol–water partition coefficient (Wildman–Crippen LogP) is 3.67. The molecule has 2 aromatic rings. The van der Waals surface area contributed by atoms with Crippen LogP contribution >= 0.6 is 0 Å². The van der Waals surface area contributed by atoms with Crippen LogP contribution in [0.15, 0.2) is 48.5 Å². The maximum atomic E-state index is 12.5. The van der Waals surface area contributed by atoms with Gasteiger partial charge in [-0.1, -0.05) is 62.4 Å². The van der Waals surface area contributed by atoms with E-state index in [2.05, 4.69) is 22.8 Å². The molecule has 0 spiro atoms. The summed E-state index contributed by atoms with van der Waals surface area (Å²) in [6.07, 6.45) is -0.247. The van der Waals surface area contributed by atoms with Gasteiger partial charge in [0.15, 0.2) is 0 Å². The van der Waals surface area contributed by atoms with Gasteiger partial charge in [0, 0.05) is 5.92 Å². The van der Waals surface area contributed by atoms with Crippen LogP contribution < -0.4 is 10.6 Å². The number of ether oxygens (including phenoxy) is 1. The first-order valence-corrected chi connectivity index (χ1v) is 10.5. The van der Waals surface area contributed by atoms with Crippen LogP contribution in [0.25, 0.3) is 11.1 Å². The van der Waals surface area contributed by atoms with Crippen LogP contribution in [0.4, 0.5) is 4.79 Å². The van der Waals surface area contributed by atoms with Gasteiger partial charge in [-0.15, -0.1) is 0 Å². The third kappa shape index (κ3) is 4.40. The third-order valence-electron chi connectivity index (χ3n) is 6.05. The van der Waals surface area contributed by atoms with Crippen LogP contribution in [0, 0.1) is 0 Å². The molecule has 2 aromatic carbocycles. The fraction of sp³-hybridized carbons (Fsp3) is 0.375. The van der Waals surface area contributed by atoms with E-state index < -0.39 is 29.6 Å². The number of alkyl carbamates (subject to hydrolysis) is 1. The molecule has 7 heteroatoms. The Bertz CT molecular complexity index is 938. The molecule has 1 atom stereocenters. The van der Waals surface area contributed by atoms with Crippen molar-refractivity contribution in [1.82, 2.24) is 10.6 Å². The Kier molecular flexibility index (Phi) is 6.63. The maximum Gasteiger partial charge on any atom is 0.407 e. The zero-order valence-corrected chi connectivity index (χ0v) is 18.0. The monoisotopic (exact) mass is 424 g/mol. The second-order valence-electron chi connectivity index (χ2n) is 7.78. The maximum absolute atomic E-state index is 12.5. The fourth-order valence-electron chi connectivity index (χ4n) is 4.01. The number of amides is 2. The van der Waals surface area contributed by atoms with Crippen LogP contribution in [-0.2, 0) is 14.3 Å². The Morgan fingerprint density at radius 2 is 1.52 bits per heavy atom. The number of aliphatic carboxylic acids is 1.